The van der Waals surface area contributed by atoms with Gasteiger partial charge in [0.2, 0.25) is 5.91 Å². The van der Waals surface area contributed by atoms with Crippen molar-refractivity contribution in [2.45, 2.75) is 37.8 Å². The molecule has 1 fully saturated rings. The van der Waals surface area contributed by atoms with Gasteiger partial charge in [-0.3, -0.25) is 4.79 Å². The second-order valence-electron chi connectivity index (χ2n) is 6.42. The molecule has 3 nitrogen and oxygen atoms in total. The molecule has 134 valence electrons. The van der Waals surface area contributed by atoms with Crippen LogP contribution in [0.2, 0.25) is 0 Å². The van der Waals surface area contributed by atoms with Gasteiger partial charge in [0.15, 0.2) is 0 Å². The molecule has 0 radical (unpaired) electrons. The van der Waals surface area contributed by atoms with Gasteiger partial charge in [-0.25, -0.2) is 4.39 Å². The van der Waals surface area contributed by atoms with Crippen LogP contribution in [0.1, 0.15) is 36.4 Å². The first-order chi connectivity index (χ1) is 11.6. The van der Waals surface area contributed by atoms with E-state index in [4.69, 9.17) is 5.73 Å². The van der Waals surface area contributed by atoms with Crippen LogP contribution >= 0.6 is 12.4 Å². The Balaban J connectivity index is 0.00000225. The molecule has 0 aromatic heterocycles. The Labute approximate surface area is 154 Å². The summed E-state index contributed by atoms with van der Waals surface area (Å²) in [6.45, 7) is 0.620. The number of carbonyl (C=O) groups is 1. The predicted octanol–water partition coefficient (Wildman–Crippen LogP) is 3.87. The molecule has 0 aliphatic heterocycles. The highest BCUT2D eigenvalue weighted by Crippen LogP contribution is 2.29. The van der Waals surface area contributed by atoms with Crippen molar-refractivity contribution in [2.75, 3.05) is 6.54 Å². The third kappa shape index (κ3) is 5.55. The molecule has 2 aromatic carbocycles. The minimum atomic E-state index is -0.283. The summed E-state index contributed by atoms with van der Waals surface area (Å²) in [5, 5.41) is 0. The van der Waals surface area contributed by atoms with Crippen molar-refractivity contribution in [2.24, 2.45) is 5.73 Å². The first-order valence-electron chi connectivity index (χ1n) is 8.48. The van der Waals surface area contributed by atoms with Gasteiger partial charge in [-0.05, 0) is 42.5 Å². The molecule has 25 heavy (non-hydrogen) atoms. The van der Waals surface area contributed by atoms with Crippen molar-refractivity contribution in [3.8, 4) is 0 Å². The molecule has 2 N–H and O–H groups in total. The minimum Gasteiger partial charge on any atom is -0.339 e. The minimum absolute atomic E-state index is 0. The fraction of sp³-hybridized carbons (Fsp3) is 0.350. The summed E-state index contributed by atoms with van der Waals surface area (Å²) < 4.78 is 13.3. The van der Waals surface area contributed by atoms with Gasteiger partial charge in [0.05, 0.1) is 0 Å². The SMILES string of the molecule is Cl.NC(CC(=O)N(CCc1cccc(F)c1)C1CC1)c1ccccc1. The number of hydrogen-bond donors (Lipinski definition) is 1. The van der Waals surface area contributed by atoms with Gasteiger partial charge in [0.25, 0.3) is 0 Å². The second kappa shape index (κ2) is 8.97. The Morgan fingerprint density at radius 3 is 2.52 bits per heavy atom. The van der Waals surface area contributed by atoms with Crippen LogP contribution in [-0.2, 0) is 11.2 Å². The van der Waals surface area contributed by atoms with E-state index in [1.807, 2.05) is 41.3 Å². The molecule has 0 saturated heterocycles. The predicted molar refractivity (Wildman–Crippen MR) is 100 cm³/mol. The quantitative estimate of drug-likeness (QED) is 0.812. The number of hydrogen-bond acceptors (Lipinski definition) is 2. The maximum absolute atomic E-state index is 13.3. The average Bonchev–Trinajstić information content (AvgIpc) is 3.41. The maximum Gasteiger partial charge on any atom is 0.224 e. The molecule has 1 atom stereocenters. The first kappa shape index (κ1) is 19.4. The summed E-state index contributed by atoms with van der Waals surface area (Å²) in [6, 6.07) is 16.3. The monoisotopic (exact) mass is 362 g/mol. The molecule has 2 aromatic rings. The van der Waals surface area contributed by atoms with Crippen LogP contribution in [0.4, 0.5) is 4.39 Å². The van der Waals surface area contributed by atoms with E-state index in [0.29, 0.717) is 25.4 Å². The smallest absolute Gasteiger partial charge is 0.224 e. The van der Waals surface area contributed by atoms with Gasteiger partial charge in [-0.1, -0.05) is 42.5 Å². The third-order valence-electron chi connectivity index (χ3n) is 4.46. The first-order valence-corrected chi connectivity index (χ1v) is 8.48. The number of nitrogens with zero attached hydrogens (tertiary/aromatic N) is 1. The highest BCUT2D eigenvalue weighted by atomic mass is 35.5. The lowest BCUT2D eigenvalue weighted by molar-refractivity contribution is -0.132. The number of nitrogens with two attached hydrogens (primary N) is 1. The number of amides is 1. The van der Waals surface area contributed by atoms with Crippen molar-refractivity contribution in [3.63, 3.8) is 0 Å². The zero-order valence-electron chi connectivity index (χ0n) is 14.1. The second-order valence-corrected chi connectivity index (χ2v) is 6.42. The van der Waals surface area contributed by atoms with Gasteiger partial charge in [-0.15, -0.1) is 12.4 Å². The summed E-state index contributed by atoms with van der Waals surface area (Å²) in [5.41, 5.74) is 8.08. The number of benzene rings is 2. The molecule has 5 heteroatoms. The molecule has 0 spiro atoms. The zero-order chi connectivity index (χ0) is 16.9. The summed E-state index contributed by atoms with van der Waals surface area (Å²) in [4.78, 5) is 14.6. The van der Waals surface area contributed by atoms with Gasteiger partial charge in [0, 0.05) is 25.0 Å². The fourth-order valence-electron chi connectivity index (χ4n) is 2.96. The number of carbonyl (C=O) groups excluding carboxylic acids is 1. The van der Waals surface area contributed by atoms with Crippen LogP contribution in [-0.4, -0.2) is 23.4 Å². The van der Waals surface area contributed by atoms with E-state index in [1.165, 1.54) is 12.1 Å². The lowest BCUT2D eigenvalue weighted by Crippen LogP contribution is -2.36. The molecular weight excluding hydrogens is 339 g/mol. The van der Waals surface area contributed by atoms with Crippen molar-refractivity contribution < 1.29 is 9.18 Å². The zero-order valence-corrected chi connectivity index (χ0v) is 14.9. The van der Waals surface area contributed by atoms with Crippen LogP contribution in [0.15, 0.2) is 54.6 Å². The van der Waals surface area contributed by atoms with E-state index in [2.05, 4.69) is 0 Å². The standard InChI is InChI=1S/C20H23FN2O.ClH/c21-17-8-4-5-15(13-17)11-12-23(18-9-10-18)20(24)14-19(22)16-6-2-1-3-7-16;/h1-8,13,18-19H,9-12,14,22H2;1H. The van der Waals surface area contributed by atoms with Gasteiger partial charge in [-0.2, -0.15) is 0 Å². The molecule has 1 aliphatic carbocycles. The molecular formula is C20H24ClFN2O. The molecule has 1 amide bonds. The van der Waals surface area contributed by atoms with E-state index < -0.39 is 0 Å². The van der Waals surface area contributed by atoms with Crippen LogP contribution in [0.3, 0.4) is 0 Å². The Bertz CT molecular complexity index is 691. The summed E-state index contributed by atoms with van der Waals surface area (Å²) in [6.07, 6.45) is 3.08. The average molecular weight is 363 g/mol. The summed E-state index contributed by atoms with van der Waals surface area (Å²) >= 11 is 0. The Hall–Kier alpha value is -1.91. The molecule has 1 aliphatic rings. The Morgan fingerprint density at radius 2 is 1.88 bits per heavy atom. The third-order valence-corrected chi connectivity index (χ3v) is 4.46. The van der Waals surface area contributed by atoms with E-state index in [0.717, 1.165) is 24.0 Å². The van der Waals surface area contributed by atoms with E-state index in [9.17, 15) is 9.18 Å². The topological polar surface area (TPSA) is 46.3 Å². The van der Waals surface area contributed by atoms with E-state index in [-0.39, 0.29) is 30.2 Å². The Kier molecular flexibility index (Phi) is 6.97. The molecule has 1 saturated carbocycles. The van der Waals surface area contributed by atoms with E-state index >= 15 is 0 Å². The molecule has 1 unspecified atom stereocenters. The van der Waals surface area contributed by atoms with Crippen molar-refractivity contribution >= 4 is 18.3 Å². The summed E-state index contributed by atoms with van der Waals surface area (Å²) in [5.74, 6) is -0.145. The van der Waals surface area contributed by atoms with Gasteiger partial charge < -0.3 is 10.6 Å². The highest BCUT2D eigenvalue weighted by molar-refractivity contribution is 5.85. The molecule has 0 heterocycles. The number of rotatable bonds is 7. The fourth-order valence-corrected chi connectivity index (χ4v) is 2.96. The van der Waals surface area contributed by atoms with Crippen LogP contribution in [0.5, 0.6) is 0 Å². The van der Waals surface area contributed by atoms with Gasteiger partial charge in [0.1, 0.15) is 5.82 Å². The summed E-state index contributed by atoms with van der Waals surface area (Å²) in [7, 11) is 0. The lowest BCUT2D eigenvalue weighted by Gasteiger charge is -2.24. The van der Waals surface area contributed by atoms with E-state index in [1.54, 1.807) is 6.07 Å². The maximum atomic E-state index is 13.3. The lowest BCUT2D eigenvalue weighted by atomic mass is 10.0. The molecule has 3 rings (SSSR count). The van der Waals surface area contributed by atoms with Crippen LogP contribution in [0, 0.1) is 5.82 Å². The van der Waals surface area contributed by atoms with Crippen LogP contribution in [0.25, 0.3) is 0 Å². The van der Waals surface area contributed by atoms with Crippen molar-refractivity contribution in [1.29, 1.82) is 0 Å². The van der Waals surface area contributed by atoms with Gasteiger partial charge >= 0.3 is 0 Å². The largest absolute Gasteiger partial charge is 0.339 e. The van der Waals surface area contributed by atoms with Crippen LogP contribution < -0.4 is 5.73 Å². The van der Waals surface area contributed by atoms with Crippen molar-refractivity contribution in [1.82, 2.24) is 4.90 Å². The number of halogens is 2. The highest BCUT2D eigenvalue weighted by Gasteiger charge is 2.32. The Morgan fingerprint density at radius 1 is 1.16 bits per heavy atom. The molecule has 0 bridgehead atoms. The van der Waals surface area contributed by atoms with Crippen molar-refractivity contribution in [3.05, 3.63) is 71.5 Å². The normalized spacial score (nSPS) is 14.5.